The number of ether oxygens (including phenoxy) is 3. The van der Waals surface area contributed by atoms with Gasteiger partial charge in [-0.2, -0.15) is 0 Å². The molecule has 0 aliphatic heterocycles. The van der Waals surface area contributed by atoms with E-state index in [0.717, 1.165) is 33.6 Å². The van der Waals surface area contributed by atoms with E-state index in [-0.39, 0.29) is 0 Å². The third kappa shape index (κ3) is 4.61. The molecule has 5 rings (SSSR count). The van der Waals surface area contributed by atoms with Gasteiger partial charge in [0.15, 0.2) is 17.2 Å². The van der Waals surface area contributed by atoms with Gasteiger partial charge in [0, 0.05) is 35.1 Å². The fraction of sp³-hybridized carbons (Fsp3) is 0.143. The number of anilines is 2. The van der Waals surface area contributed by atoms with Crippen LogP contribution in [0.2, 0.25) is 0 Å². The molecule has 0 bridgehead atoms. The molecule has 1 N–H and O–H groups in total. The van der Waals surface area contributed by atoms with E-state index >= 15 is 0 Å². The van der Waals surface area contributed by atoms with E-state index in [4.69, 9.17) is 14.2 Å². The number of methoxy groups -OCH3 is 1. The number of para-hydroxylation sites is 1. The summed E-state index contributed by atoms with van der Waals surface area (Å²) in [7, 11) is 1.51. The number of nitrogens with one attached hydrogen (secondary N) is 1. The molecular formula is C28H24N4O4. The molecule has 2 aromatic heterocycles. The number of benzene rings is 3. The second kappa shape index (κ2) is 9.50. The van der Waals surface area contributed by atoms with E-state index in [9.17, 15) is 4.79 Å². The fourth-order valence-corrected chi connectivity index (χ4v) is 3.95. The lowest BCUT2D eigenvalue weighted by atomic mass is 10.1. The van der Waals surface area contributed by atoms with Gasteiger partial charge in [-0.25, -0.2) is 15.0 Å². The fourth-order valence-electron chi connectivity index (χ4n) is 3.95. The SMILES string of the molecule is COc1cc2ncnc(Nc3ccc(Oc4cccc5ccc(C)nc45)c(C)c3)c2cc1OC(C)=O. The maximum Gasteiger partial charge on any atom is 0.308 e. The van der Waals surface area contributed by atoms with Crippen LogP contribution in [0, 0.1) is 13.8 Å². The van der Waals surface area contributed by atoms with E-state index in [1.165, 1.54) is 20.4 Å². The first-order chi connectivity index (χ1) is 17.4. The molecule has 0 aliphatic rings. The molecule has 0 unspecified atom stereocenters. The molecule has 0 saturated heterocycles. The minimum atomic E-state index is -0.443. The van der Waals surface area contributed by atoms with Crippen LogP contribution in [-0.4, -0.2) is 28.0 Å². The Morgan fingerprint density at radius 3 is 2.53 bits per heavy atom. The molecule has 0 atom stereocenters. The number of carbonyl (C=O) groups is 1. The summed E-state index contributed by atoms with van der Waals surface area (Å²) in [5, 5.41) is 5.04. The molecule has 5 aromatic rings. The van der Waals surface area contributed by atoms with Gasteiger partial charge in [0.2, 0.25) is 0 Å². The van der Waals surface area contributed by atoms with E-state index < -0.39 is 5.97 Å². The zero-order valence-corrected chi connectivity index (χ0v) is 20.3. The van der Waals surface area contributed by atoms with E-state index in [0.29, 0.717) is 34.0 Å². The van der Waals surface area contributed by atoms with Crippen molar-refractivity contribution in [3.63, 3.8) is 0 Å². The molecule has 8 nitrogen and oxygen atoms in total. The van der Waals surface area contributed by atoms with Gasteiger partial charge in [-0.3, -0.25) is 4.79 Å². The second-order valence-corrected chi connectivity index (χ2v) is 8.32. The number of aromatic nitrogens is 3. The lowest BCUT2D eigenvalue weighted by Gasteiger charge is -2.14. The van der Waals surface area contributed by atoms with Crippen LogP contribution < -0.4 is 19.5 Å². The van der Waals surface area contributed by atoms with Crippen molar-refractivity contribution in [1.82, 2.24) is 15.0 Å². The van der Waals surface area contributed by atoms with Crippen molar-refractivity contribution in [3.05, 3.63) is 78.2 Å². The third-order valence-electron chi connectivity index (χ3n) is 5.65. The minimum absolute atomic E-state index is 0.300. The summed E-state index contributed by atoms with van der Waals surface area (Å²) in [5.41, 5.74) is 4.16. The number of pyridine rings is 1. The van der Waals surface area contributed by atoms with E-state index in [2.05, 4.69) is 20.3 Å². The summed E-state index contributed by atoms with van der Waals surface area (Å²) < 4.78 is 16.9. The Morgan fingerprint density at radius 2 is 1.75 bits per heavy atom. The lowest BCUT2D eigenvalue weighted by Crippen LogP contribution is -2.04. The maximum atomic E-state index is 11.5. The van der Waals surface area contributed by atoms with Crippen molar-refractivity contribution in [1.29, 1.82) is 0 Å². The van der Waals surface area contributed by atoms with E-state index in [1.54, 1.807) is 12.1 Å². The van der Waals surface area contributed by atoms with Gasteiger partial charge >= 0.3 is 5.97 Å². The van der Waals surface area contributed by atoms with Gasteiger partial charge < -0.3 is 19.5 Å². The highest BCUT2D eigenvalue weighted by atomic mass is 16.6. The summed E-state index contributed by atoms with van der Waals surface area (Å²) in [4.78, 5) is 24.9. The van der Waals surface area contributed by atoms with Crippen LogP contribution >= 0.6 is 0 Å². The molecule has 180 valence electrons. The van der Waals surface area contributed by atoms with Gasteiger partial charge in [-0.1, -0.05) is 18.2 Å². The smallest absolute Gasteiger partial charge is 0.308 e. The molecular weight excluding hydrogens is 456 g/mol. The molecule has 0 spiro atoms. The van der Waals surface area contributed by atoms with Crippen LogP contribution in [0.1, 0.15) is 18.2 Å². The molecule has 36 heavy (non-hydrogen) atoms. The minimum Gasteiger partial charge on any atom is -0.493 e. The Labute approximate surface area is 207 Å². The highest BCUT2D eigenvalue weighted by Gasteiger charge is 2.14. The number of hydrogen-bond donors (Lipinski definition) is 1. The zero-order valence-electron chi connectivity index (χ0n) is 20.3. The summed E-state index contributed by atoms with van der Waals surface area (Å²) >= 11 is 0. The lowest BCUT2D eigenvalue weighted by molar-refractivity contribution is -0.132. The predicted octanol–water partition coefficient (Wildman–Crippen LogP) is 6.26. The van der Waals surface area contributed by atoms with Crippen LogP contribution in [-0.2, 0) is 4.79 Å². The topological polar surface area (TPSA) is 95.5 Å². The normalized spacial score (nSPS) is 10.9. The molecule has 0 aliphatic carbocycles. The van der Waals surface area contributed by atoms with Gasteiger partial charge in [0.05, 0.1) is 12.6 Å². The van der Waals surface area contributed by atoms with Crippen LogP contribution in [0.3, 0.4) is 0 Å². The number of aryl methyl sites for hydroxylation is 2. The van der Waals surface area contributed by atoms with Gasteiger partial charge in [0.1, 0.15) is 23.4 Å². The second-order valence-electron chi connectivity index (χ2n) is 8.32. The summed E-state index contributed by atoms with van der Waals surface area (Å²) in [5.74, 6) is 2.27. The Bertz CT molecular complexity index is 1620. The first-order valence-electron chi connectivity index (χ1n) is 11.3. The number of fused-ring (bicyclic) bond motifs is 2. The predicted molar refractivity (Wildman–Crippen MR) is 138 cm³/mol. The molecule has 3 aromatic carbocycles. The van der Waals surface area contributed by atoms with Crippen molar-refractivity contribution < 1.29 is 19.0 Å². The summed E-state index contributed by atoms with van der Waals surface area (Å²) in [6, 6.07) is 19.1. The highest BCUT2D eigenvalue weighted by molar-refractivity contribution is 5.93. The Kier molecular flexibility index (Phi) is 6.08. The first kappa shape index (κ1) is 23.0. The van der Waals surface area contributed by atoms with Crippen LogP contribution in [0.4, 0.5) is 11.5 Å². The molecule has 0 fully saturated rings. The monoisotopic (exact) mass is 480 g/mol. The third-order valence-corrected chi connectivity index (χ3v) is 5.65. The standard InChI is InChI=1S/C28H24N4O4/c1-16-12-20(10-11-23(16)36-24-7-5-6-19-9-8-17(2)31-27(19)24)32-28-21-13-26(35-18(3)33)25(34-4)14-22(21)29-15-30-28/h5-15H,1-4H3,(H,29,30,32). The van der Waals surface area contributed by atoms with E-state index in [1.807, 2.05) is 62.4 Å². The van der Waals surface area contributed by atoms with Crippen molar-refractivity contribution in [2.24, 2.45) is 0 Å². The number of rotatable bonds is 6. The number of nitrogens with zero attached hydrogens (tertiary/aromatic N) is 3. The van der Waals surface area contributed by atoms with Gasteiger partial charge in [0.25, 0.3) is 0 Å². The quantitative estimate of drug-likeness (QED) is 0.225. The average Bonchev–Trinajstić information content (AvgIpc) is 2.85. The largest absolute Gasteiger partial charge is 0.493 e. The number of carbonyl (C=O) groups excluding carboxylic acids is 1. The zero-order chi connectivity index (χ0) is 25.2. The van der Waals surface area contributed by atoms with Gasteiger partial charge in [-0.05, 0) is 55.8 Å². The van der Waals surface area contributed by atoms with Gasteiger partial charge in [-0.15, -0.1) is 0 Å². The van der Waals surface area contributed by atoms with Crippen molar-refractivity contribution >= 4 is 39.3 Å². The van der Waals surface area contributed by atoms with Crippen LogP contribution in [0.25, 0.3) is 21.8 Å². The molecule has 0 radical (unpaired) electrons. The van der Waals surface area contributed by atoms with Crippen molar-refractivity contribution in [2.75, 3.05) is 12.4 Å². The first-order valence-corrected chi connectivity index (χ1v) is 11.3. The maximum absolute atomic E-state index is 11.5. The average molecular weight is 481 g/mol. The highest BCUT2D eigenvalue weighted by Crippen LogP contribution is 2.36. The molecule has 0 amide bonds. The molecule has 8 heteroatoms. The summed E-state index contributed by atoms with van der Waals surface area (Å²) in [6.07, 6.45) is 1.47. The number of esters is 1. The Hall–Kier alpha value is -4.72. The Balaban J connectivity index is 1.45. The van der Waals surface area contributed by atoms with Crippen LogP contribution in [0.15, 0.2) is 67.0 Å². The van der Waals surface area contributed by atoms with Crippen molar-refractivity contribution in [2.45, 2.75) is 20.8 Å². The Morgan fingerprint density at radius 1 is 0.889 bits per heavy atom. The van der Waals surface area contributed by atoms with Crippen molar-refractivity contribution in [3.8, 4) is 23.0 Å². The summed E-state index contributed by atoms with van der Waals surface area (Å²) in [6.45, 7) is 5.28. The molecule has 2 heterocycles. The van der Waals surface area contributed by atoms with Crippen LogP contribution in [0.5, 0.6) is 23.0 Å². The number of hydrogen-bond acceptors (Lipinski definition) is 8. The molecule has 0 saturated carbocycles.